The molecule has 5 aliphatic rings. The van der Waals surface area contributed by atoms with Gasteiger partial charge in [0.25, 0.3) is 0 Å². The maximum atomic E-state index is 13.2. The van der Waals surface area contributed by atoms with Crippen molar-refractivity contribution in [2.24, 2.45) is 29.1 Å². The number of carbonyl (C=O) groups excluding carboxylic acids is 3. The monoisotopic (exact) mass is 448 g/mol. The Morgan fingerprint density at radius 1 is 1.31 bits per heavy atom. The Hall–Kier alpha value is -1.77. The Labute approximate surface area is 187 Å². The quantitative estimate of drug-likeness (QED) is 0.286. The number of esters is 2. The van der Waals surface area contributed by atoms with E-state index in [0.717, 1.165) is 0 Å². The van der Waals surface area contributed by atoms with Crippen molar-refractivity contribution in [3.05, 3.63) is 12.2 Å². The van der Waals surface area contributed by atoms with Crippen LogP contribution in [0, 0.1) is 29.1 Å². The molecule has 176 valence electrons. The molecule has 3 aliphatic carbocycles. The van der Waals surface area contributed by atoms with Crippen molar-refractivity contribution in [2.75, 3.05) is 0 Å². The molecule has 0 aromatic carbocycles. The summed E-state index contributed by atoms with van der Waals surface area (Å²) < 4.78 is 18.2. The first-order chi connectivity index (χ1) is 14.8. The third-order valence-corrected chi connectivity index (χ3v) is 9.37. The molecule has 0 radical (unpaired) electrons. The van der Waals surface area contributed by atoms with E-state index in [1.807, 2.05) is 13.8 Å². The molecule has 5 fully saturated rings. The van der Waals surface area contributed by atoms with Crippen molar-refractivity contribution in [1.29, 1.82) is 0 Å². The summed E-state index contributed by atoms with van der Waals surface area (Å²) in [5.41, 5.74) is -4.82. The second kappa shape index (κ2) is 6.21. The standard InChI is InChI=1S/C24H32O8/c1-7-10(2)18(27)30-17-11(3)8-23-19(28)21(6)16-15(24(17,23)32-23)12(4)14(26)9-22(16,13(5)25)20(29)31-21/h10-11,14-17,19,26,28H,4,7-9H2,1-3,5-6H3/t10-,11+,14-,15+,16+,17+,19-,21+,22-,23-,24-/m0/s1. The molecule has 0 spiro atoms. The molecule has 3 saturated carbocycles. The molecule has 2 saturated heterocycles. The van der Waals surface area contributed by atoms with Crippen LogP contribution >= 0.6 is 0 Å². The van der Waals surface area contributed by atoms with E-state index >= 15 is 0 Å². The van der Waals surface area contributed by atoms with E-state index in [4.69, 9.17) is 14.2 Å². The van der Waals surface area contributed by atoms with Crippen molar-refractivity contribution in [3.8, 4) is 0 Å². The van der Waals surface area contributed by atoms with Crippen LogP contribution in [0.5, 0.6) is 0 Å². The van der Waals surface area contributed by atoms with Gasteiger partial charge in [-0.2, -0.15) is 0 Å². The first-order valence-electron chi connectivity index (χ1n) is 11.5. The second-order valence-electron chi connectivity index (χ2n) is 10.9. The van der Waals surface area contributed by atoms with Crippen LogP contribution in [0.3, 0.4) is 0 Å². The molecule has 2 aliphatic heterocycles. The first kappa shape index (κ1) is 22.0. The molecule has 0 amide bonds. The second-order valence-corrected chi connectivity index (χ2v) is 10.9. The molecule has 5 rings (SSSR count). The fourth-order valence-electron chi connectivity index (χ4n) is 7.65. The van der Waals surface area contributed by atoms with Crippen LogP contribution in [0.25, 0.3) is 0 Å². The molecule has 0 aromatic heterocycles. The van der Waals surface area contributed by atoms with E-state index in [1.54, 1.807) is 13.8 Å². The zero-order valence-corrected chi connectivity index (χ0v) is 19.2. The average Bonchev–Trinajstić information content (AvgIpc) is 3.25. The maximum absolute atomic E-state index is 13.2. The summed E-state index contributed by atoms with van der Waals surface area (Å²) in [6.07, 6.45) is -2.15. The minimum Gasteiger partial charge on any atom is -0.459 e. The highest BCUT2D eigenvalue weighted by Crippen LogP contribution is 2.79. The molecule has 0 bridgehead atoms. The number of ketones is 1. The Kier molecular flexibility index (Phi) is 4.28. The fourth-order valence-corrected chi connectivity index (χ4v) is 7.65. The largest absolute Gasteiger partial charge is 0.459 e. The number of hydrogen-bond donors (Lipinski definition) is 2. The lowest BCUT2D eigenvalue weighted by atomic mass is 9.46. The highest BCUT2D eigenvalue weighted by molar-refractivity contribution is 6.05. The Morgan fingerprint density at radius 3 is 2.56 bits per heavy atom. The average molecular weight is 449 g/mol. The van der Waals surface area contributed by atoms with Gasteiger partial charge in [0.2, 0.25) is 0 Å². The van der Waals surface area contributed by atoms with Crippen LogP contribution in [0.15, 0.2) is 12.2 Å². The Morgan fingerprint density at radius 2 is 1.97 bits per heavy atom. The van der Waals surface area contributed by atoms with Crippen molar-refractivity contribution >= 4 is 17.7 Å². The lowest BCUT2D eigenvalue weighted by molar-refractivity contribution is -0.174. The van der Waals surface area contributed by atoms with Crippen LogP contribution in [0.2, 0.25) is 0 Å². The van der Waals surface area contributed by atoms with E-state index in [9.17, 15) is 24.6 Å². The summed E-state index contributed by atoms with van der Waals surface area (Å²) in [4.78, 5) is 38.9. The van der Waals surface area contributed by atoms with Crippen LogP contribution in [0.4, 0.5) is 0 Å². The topological polar surface area (TPSA) is 123 Å². The molecule has 8 heteroatoms. The van der Waals surface area contributed by atoms with Gasteiger partial charge in [0.05, 0.1) is 12.0 Å². The van der Waals surface area contributed by atoms with Gasteiger partial charge in [-0.05, 0) is 38.2 Å². The minimum absolute atomic E-state index is 0.136. The number of Topliss-reactive ketones (excluding diaryl/α,β-unsaturated/α-hetero) is 1. The lowest BCUT2D eigenvalue weighted by Crippen LogP contribution is -2.69. The van der Waals surface area contributed by atoms with E-state index in [0.29, 0.717) is 18.4 Å². The molecule has 11 atom stereocenters. The third kappa shape index (κ3) is 2.08. The number of aliphatic hydroxyl groups excluding tert-OH is 2. The zero-order valence-electron chi connectivity index (χ0n) is 19.2. The van der Waals surface area contributed by atoms with Gasteiger partial charge in [-0.1, -0.05) is 27.4 Å². The molecule has 0 unspecified atom stereocenters. The molecule has 2 N–H and O–H groups in total. The summed E-state index contributed by atoms with van der Waals surface area (Å²) in [6.45, 7) is 12.7. The number of ether oxygens (including phenoxy) is 3. The summed E-state index contributed by atoms with van der Waals surface area (Å²) in [6, 6.07) is 0. The first-order valence-corrected chi connectivity index (χ1v) is 11.5. The number of epoxide rings is 1. The highest BCUT2D eigenvalue weighted by Gasteiger charge is 2.95. The van der Waals surface area contributed by atoms with E-state index < -0.39 is 64.1 Å². The number of aliphatic hydroxyl groups is 2. The third-order valence-electron chi connectivity index (χ3n) is 9.37. The van der Waals surface area contributed by atoms with Crippen molar-refractivity contribution in [1.82, 2.24) is 0 Å². The summed E-state index contributed by atoms with van der Waals surface area (Å²) in [7, 11) is 0. The number of carbonyl (C=O) groups is 3. The summed E-state index contributed by atoms with van der Waals surface area (Å²) in [5.74, 6) is -3.40. The van der Waals surface area contributed by atoms with Gasteiger partial charge >= 0.3 is 11.9 Å². The highest BCUT2D eigenvalue weighted by atomic mass is 16.7. The van der Waals surface area contributed by atoms with Gasteiger partial charge in [-0.3, -0.25) is 14.4 Å². The van der Waals surface area contributed by atoms with Gasteiger partial charge < -0.3 is 24.4 Å². The van der Waals surface area contributed by atoms with Crippen molar-refractivity contribution in [2.45, 2.75) is 89.0 Å². The van der Waals surface area contributed by atoms with Crippen LogP contribution in [-0.2, 0) is 28.6 Å². The van der Waals surface area contributed by atoms with Crippen molar-refractivity contribution in [3.63, 3.8) is 0 Å². The zero-order chi connectivity index (χ0) is 23.6. The van der Waals surface area contributed by atoms with Gasteiger partial charge in [-0.15, -0.1) is 0 Å². The van der Waals surface area contributed by atoms with Crippen LogP contribution < -0.4 is 0 Å². The van der Waals surface area contributed by atoms with Gasteiger partial charge in [0.15, 0.2) is 0 Å². The smallest absolute Gasteiger partial charge is 0.320 e. The molecule has 2 heterocycles. The molecule has 32 heavy (non-hydrogen) atoms. The molecule has 0 aromatic rings. The molecular weight excluding hydrogens is 416 g/mol. The SMILES string of the molecule is C=C1[C@@H]2[C@H]3[C@@](C(C)=O)(C[C@@H]1O)C(=O)O[C@@]3(C)[C@H](O)[C@@]13C[C@@H](C)[C@@H](OC(=O)[C@@H](C)CC)[C@@]21O3. The van der Waals surface area contributed by atoms with E-state index in [1.165, 1.54) is 6.92 Å². The van der Waals surface area contributed by atoms with Crippen molar-refractivity contribution < 1.29 is 38.8 Å². The van der Waals surface area contributed by atoms with Crippen LogP contribution in [0.1, 0.15) is 53.9 Å². The predicted octanol–water partition coefficient (Wildman–Crippen LogP) is 1.31. The van der Waals surface area contributed by atoms with E-state index in [-0.39, 0.29) is 24.2 Å². The summed E-state index contributed by atoms with van der Waals surface area (Å²) >= 11 is 0. The predicted molar refractivity (Wildman–Crippen MR) is 110 cm³/mol. The van der Waals surface area contributed by atoms with Crippen LogP contribution in [-0.4, -0.2) is 63.0 Å². The Balaban J connectivity index is 1.69. The van der Waals surface area contributed by atoms with Gasteiger partial charge in [0.1, 0.15) is 40.2 Å². The number of hydrogen-bond acceptors (Lipinski definition) is 8. The fraction of sp³-hybridized carbons (Fsp3) is 0.792. The minimum atomic E-state index is -1.61. The number of rotatable bonds is 4. The summed E-state index contributed by atoms with van der Waals surface area (Å²) in [5, 5.41) is 22.5. The Bertz CT molecular complexity index is 944. The molecular formula is C24H32O8. The maximum Gasteiger partial charge on any atom is 0.320 e. The van der Waals surface area contributed by atoms with Gasteiger partial charge in [0, 0.05) is 18.3 Å². The van der Waals surface area contributed by atoms with E-state index in [2.05, 4.69) is 6.58 Å². The lowest BCUT2D eigenvalue weighted by Gasteiger charge is -2.53. The van der Waals surface area contributed by atoms with Gasteiger partial charge in [-0.25, -0.2) is 0 Å². The molecule has 8 nitrogen and oxygen atoms in total. The normalized spacial score (nSPS) is 53.6.